The number of anilines is 1. The molecule has 174 valence electrons. The number of fused-ring (bicyclic) bond motifs is 1. The van der Waals surface area contributed by atoms with Crippen molar-refractivity contribution in [1.29, 1.82) is 0 Å². The SMILES string of the molecule is CCc1cc2c(N3CCN(C(=O)Cc4ccccc4)CC3)nc(S(=O)(=O)CC(=O)O)nc2s1. The van der Waals surface area contributed by atoms with E-state index in [1.54, 1.807) is 4.90 Å². The third kappa shape index (κ3) is 5.14. The van der Waals surface area contributed by atoms with E-state index in [1.807, 2.05) is 48.2 Å². The Morgan fingerprint density at radius 2 is 1.79 bits per heavy atom. The number of nitrogens with zero attached hydrogens (tertiary/aromatic N) is 4. The molecule has 1 saturated heterocycles. The molecule has 4 rings (SSSR count). The summed E-state index contributed by atoms with van der Waals surface area (Å²) in [6.45, 7) is 3.94. The summed E-state index contributed by atoms with van der Waals surface area (Å²) in [5, 5.41) is 9.26. The number of piperazine rings is 1. The number of rotatable bonds is 7. The highest BCUT2D eigenvalue weighted by atomic mass is 32.2. The van der Waals surface area contributed by atoms with E-state index < -0.39 is 26.7 Å². The summed E-state index contributed by atoms with van der Waals surface area (Å²) in [6, 6.07) is 11.5. The van der Waals surface area contributed by atoms with Crippen molar-refractivity contribution in [2.24, 2.45) is 0 Å². The van der Waals surface area contributed by atoms with Crippen LogP contribution in [0.15, 0.2) is 41.6 Å². The number of hydrogen-bond acceptors (Lipinski definition) is 8. The minimum Gasteiger partial charge on any atom is -0.480 e. The Morgan fingerprint density at radius 3 is 2.42 bits per heavy atom. The Bertz CT molecular complexity index is 1280. The molecule has 0 atom stereocenters. The zero-order valence-electron chi connectivity index (χ0n) is 18.1. The summed E-state index contributed by atoms with van der Waals surface area (Å²) in [4.78, 5) is 37.5. The maximum Gasteiger partial charge on any atom is 0.319 e. The fourth-order valence-corrected chi connectivity index (χ4v) is 5.70. The quantitative estimate of drug-likeness (QED) is 0.502. The van der Waals surface area contributed by atoms with Crippen LogP contribution in [-0.2, 0) is 32.3 Å². The molecule has 0 spiro atoms. The second kappa shape index (κ2) is 9.44. The molecule has 1 N–H and O–H groups in total. The summed E-state index contributed by atoms with van der Waals surface area (Å²) in [7, 11) is -4.17. The fraction of sp³-hybridized carbons (Fsp3) is 0.364. The zero-order chi connectivity index (χ0) is 23.6. The first kappa shape index (κ1) is 23.1. The van der Waals surface area contributed by atoms with Crippen molar-refractivity contribution in [3.63, 3.8) is 0 Å². The lowest BCUT2D eigenvalue weighted by atomic mass is 10.1. The summed E-state index contributed by atoms with van der Waals surface area (Å²) in [5.74, 6) is -2.00. The van der Waals surface area contributed by atoms with Gasteiger partial charge in [0, 0.05) is 31.1 Å². The van der Waals surface area contributed by atoms with Crippen LogP contribution in [0.5, 0.6) is 0 Å². The summed E-state index contributed by atoms with van der Waals surface area (Å²) >= 11 is 1.38. The number of carboxylic acid groups (broad SMARTS) is 1. The van der Waals surface area contributed by atoms with Gasteiger partial charge in [-0.3, -0.25) is 9.59 Å². The molecular formula is C22H24N4O5S2. The molecule has 3 aromatic rings. The molecule has 0 saturated carbocycles. The van der Waals surface area contributed by atoms with Crippen LogP contribution in [0, 0.1) is 0 Å². The van der Waals surface area contributed by atoms with E-state index in [-0.39, 0.29) is 5.91 Å². The van der Waals surface area contributed by atoms with Crippen LogP contribution in [0.1, 0.15) is 17.4 Å². The largest absolute Gasteiger partial charge is 0.480 e. The van der Waals surface area contributed by atoms with E-state index in [0.29, 0.717) is 43.2 Å². The minimum absolute atomic E-state index is 0.0437. The third-order valence-electron chi connectivity index (χ3n) is 5.47. The van der Waals surface area contributed by atoms with Crippen LogP contribution in [0.25, 0.3) is 10.2 Å². The first-order chi connectivity index (χ1) is 15.8. The fourth-order valence-electron chi connectivity index (χ4n) is 3.77. The lowest BCUT2D eigenvalue weighted by Crippen LogP contribution is -2.49. The van der Waals surface area contributed by atoms with Crippen LogP contribution in [-0.4, -0.2) is 72.2 Å². The second-order valence-electron chi connectivity index (χ2n) is 7.80. The van der Waals surface area contributed by atoms with Crippen molar-refractivity contribution in [3.05, 3.63) is 46.8 Å². The number of aliphatic carboxylic acids is 1. The van der Waals surface area contributed by atoms with Gasteiger partial charge in [-0.15, -0.1) is 11.3 Å². The molecule has 0 radical (unpaired) electrons. The normalized spacial score (nSPS) is 14.6. The third-order valence-corrected chi connectivity index (χ3v) is 8.01. The number of aryl methyl sites for hydroxylation is 1. The topological polar surface area (TPSA) is 121 Å². The van der Waals surface area contributed by atoms with Crippen LogP contribution in [0.2, 0.25) is 0 Å². The number of benzene rings is 1. The first-order valence-corrected chi connectivity index (χ1v) is 13.1. The van der Waals surface area contributed by atoms with Crippen molar-refractivity contribution < 1.29 is 23.1 Å². The van der Waals surface area contributed by atoms with Gasteiger partial charge >= 0.3 is 5.97 Å². The van der Waals surface area contributed by atoms with Crippen molar-refractivity contribution in [2.45, 2.75) is 24.9 Å². The molecule has 11 heteroatoms. The predicted molar refractivity (Wildman–Crippen MR) is 125 cm³/mol. The highest BCUT2D eigenvalue weighted by molar-refractivity contribution is 7.91. The molecule has 0 unspecified atom stereocenters. The molecule has 33 heavy (non-hydrogen) atoms. The van der Waals surface area contributed by atoms with Gasteiger partial charge in [0.15, 0.2) is 5.75 Å². The van der Waals surface area contributed by atoms with Crippen molar-refractivity contribution in [2.75, 3.05) is 36.8 Å². The number of aromatic nitrogens is 2. The van der Waals surface area contributed by atoms with Crippen molar-refractivity contribution in [3.8, 4) is 0 Å². The Labute approximate surface area is 195 Å². The maximum atomic E-state index is 12.7. The Morgan fingerprint density at radius 1 is 1.09 bits per heavy atom. The van der Waals surface area contributed by atoms with E-state index in [1.165, 1.54) is 11.3 Å². The van der Waals surface area contributed by atoms with Gasteiger partial charge in [0.1, 0.15) is 10.6 Å². The molecule has 1 aromatic carbocycles. The maximum absolute atomic E-state index is 12.7. The average molecular weight is 489 g/mol. The van der Waals surface area contributed by atoms with Crippen molar-refractivity contribution in [1.82, 2.24) is 14.9 Å². The van der Waals surface area contributed by atoms with Crippen LogP contribution in [0.3, 0.4) is 0 Å². The number of carboxylic acids is 1. The van der Waals surface area contributed by atoms with Gasteiger partial charge in [-0.25, -0.2) is 18.4 Å². The lowest BCUT2D eigenvalue weighted by Gasteiger charge is -2.35. The Kier molecular flexibility index (Phi) is 6.61. The lowest BCUT2D eigenvalue weighted by molar-refractivity contribution is -0.134. The Balaban J connectivity index is 1.58. The highest BCUT2D eigenvalue weighted by Crippen LogP contribution is 2.33. The van der Waals surface area contributed by atoms with Crippen LogP contribution < -0.4 is 4.90 Å². The Hall–Kier alpha value is -3.05. The van der Waals surface area contributed by atoms with Gasteiger partial charge in [0.25, 0.3) is 5.16 Å². The predicted octanol–water partition coefficient (Wildman–Crippen LogP) is 2.00. The smallest absolute Gasteiger partial charge is 0.319 e. The van der Waals surface area contributed by atoms with E-state index in [9.17, 15) is 18.0 Å². The van der Waals surface area contributed by atoms with E-state index >= 15 is 0 Å². The second-order valence-corrected chi connectivity index (χ2v) is 10.8. The molecule has 1 aliphatic rings. The molecule has 0 bridgehead atoms. The molecule has 1 aliphatic heterocycles. The van der Waals surface area contributed by atoms with Gasteiger partial charge in [-0.2, -0.15) is 0 Å². The van der Waals surface area contributed by atoms with Gasteiger partial charge in [-0.05, 0) is 18.1 Å². The van der Waals surface area contributed by atoms with Gasteiger partial charge in [0.05, 0.1) is 11.8 Å². The van der Waals surface area contributed by atoms with E-state index in [2.05, 4.69) is 9.97 Å². The van der Waals surface area contributed by atoms with Gasteiger partial charge in [-0.1, -0.05) is 37.3 Å². The number of carbonyl (C=O) groups excluding carboxylic acids is 1. The zero-order valence-corrected chi connectivity index (χ0v) is 19.7. The van der Waals surface area contributed by atoms with Crippen LogP contribution >= 0.6 is 11.3 Å². The molecule has 3 heterocycles. The minimum atomic E-state index is -4.17. The number of amides is 1. The summed E-state index contributed by atoms with van der Waals surface area (Å²) in [5.41, 5.74) is 0.959. The number of sulfone groups is 1. The molecule has 2 aromatic heterocycles. The standard InChI is InChI=1S/C22H24N4O5S2/c1-2-16-13-17-20(23-22(24-21(17)32-16)33(30,31)14-19(28)29)26-10-8-25(9-11-26)18(27)12-15-6-4-3-5-7-15/h3-7,13H,2,8-12,14H2,1H3,(H,28,29). The molecule has 1 fully saturated rings. The monoisotopic (exact) mass is 488 g/mol. The highest BCUT2D eigenvalue weighted by Gasteiger charge is 2.28. The average Bonchev–Trinajstić information content (AvgIpc) is 3.22. The number of hydrogen-bond donors (Lipinski definition) is 1. The van der Waals surface area contributed by atoms with Crippen molar-refractivity contribution >= 4 is 49.1 Å². The first-order valence-electron chi connectivity index (χ1n) is 10.6. The van der Waals surface area contributed by atoms with Gasteiger partial charge < -0.3 is 14.9 Å². The summed E-state index contributed by atoms with van der Waals surface area (Å²) in [6.07, 6.45) is 1.10. The number of thiophene rings is 1. The summed E-state index contributed by atoms with van der Waals surface area (Å²) < 4.78 is 25.1. The number of carbonyl (C=O) groups is 2. The van der Waals surface area contributed by atoms with Gasteiger partial charge in [0.2, 0.25) is 15.7 Å². The molecule has 9 nitrogen and oxygen atoms in total. The van der Waals surface area contributed by atoms with E-state index in [0.717, 1.165) is 22.2 Å². The van der Waals surface area contributed by atoms with Crippen LogP contribution in [0.4, 0.5) is 5.82 Å². The molecule has 0 aliphatic carbocycles. The molecular weight excluding hydrogens is 464 g/mol. The molecule has 1 amide bonds. The van der Waals surface area contributed by atoms with E-state index in [4.69, 9.17) is 5.11 Å².